The lowest BCUT2D eigenvalue weighted by molar-refractivity contribution is -0.116. The highest BCUT2D eigenvalue weighted by Gasteiger charge is 2.19. The Balaban J connectivity index is 1.27. The molecule has 1 fully saturated rings. The number of imidazole rings is 1. The van der Waals surface area contributed by atoms with Gasteiger partial charge in [0, 0.05) is 49.4 Å². The minimum absolute atomic E-state index is 0.0881. The number of amides is 1. The number of anilines is 3. The molecular weight excluding hydrogens is 490 g/mol. The Labute approximate surface area is 225 Å². The lowest BCUT2D eigenvalue weighted by Crippen LogP contribution is -2.44. The second-order valence-corrected chi connectivity index (χ2v) is 10.1. The van der Waals surface area contributed by atoms with Crippen molar-refractivity contribution in [3.8, 4) is 11.4 Å². The molecule has 0 bridgehead atoms. The molecule has 1 aliphatic heterocycles. The molecule has 0 spiro atoms. The second kappa shape index (κ2) is 10.3. The van der Waals surface area contributed by atoms with Gasteiger partial charge in [-0.05, 0) is 55.4 Å². The fourth-order valence-electron chi connectivity index (χ4n) is 5.13. The number of piperazine rings is 1. The molecule has 0 radical (unpaired) electrons. The Hall–Kier alpha value is -4.63. The van der Waals surface area contributed by atoms with Gasteiger partial charge in [0.05, 0.1) is 22.2 Å². The summed E-state index contributed by atoms with van der Waals surface area (Å²) in [5.74, 6) is 0.327. The number of H-pyrrole nitrogens is 2. The number of aryl methyl sites for hydroxylation is 1. The highest BCUT2D eigenvalue weighted by molar-refractivity contribution is 6.01. The van der Waals surface area contributed by atoms with Crippen molar-refractivity contribution >= 4 is 44.9 Å². The quantitative estimate of drug-likeness (QED) is 0.268. The van der Waals surface area contributed by atoms with Crippen molar-refractivity contribution in [2.45, 2.75) is 12.8 Å². The molecule has 3 aromatic carbocycles. The SMILES string of the molecule is CN1CCN(c2ccc3nc(-c4c(N)c5cc(NC(=O)CCc6ccccc6)ccc5[nH]c4=O)[nH]c3c2)CC1. The summed E-state index contributed by atoms with van der Waals surface area (Å²) >= 11 is 0. The summed E-state index contributed by atoms with van der Waals surface area (Å²) in [6.45, 7) is 3.96. The predicted molar refractivity (Wildman–Crippen MR) is 157 cm³/mol. The van der Waals surface area contributed by atoms with Gasteiger partial charge in [0.25, 0.3) is 5.56 Å². The van der Waals surface area contributed by atoms with Gasteiger partial charge in [-0.15, -0.1) is 0 Å². The average molecular weight is 522 g/mol. The van der Waals surface area contributed by atoms with Crippen LogP contribution in [-0.4, -0.2) is 59.0 Å². The zero-order chi connectivity index (χ0) is 26.9. The van der Waals surface area contributed by atoms with Gasteiger partial charge in [0.2, 0.25) is 5.91 Å². The van der Waals surface area contributed by atoms with Gasteiger partial charge in [0.15, 0.2) is 0 Å². The molecule has 5 aromatic rings. The number of rotatable bonds is 6. The van der Waals surface area contributed by atoms with E-state index in [9.17, 15) is 9.59 Å². The largest absolute Gasteiger partial charge is 0.397 e. The molecule has 1 amide bonds. The molecule has 1 aliphatic rings. The number of nitrogens with zero attached hydrogens (tertiary/aromatic N) is 3. The first-order chi connectivity index (χ1) is 18.9. The Morgan fingerprint density at radius 3 is 2.56 bits per heavy atom. The summed E-state index contributed by atoms with van der Waals surface area (Å²) in [5.41, 5.74) is 11.9. The topological polar surface area (TPSA) is 123 Å². The third kappa shape index (κ3) is 5.08. The van der Waals surface area contributed by atoms with E-state index in [1.807, 2.05) is 36.4 Å². The Bertz CT molecular complexity index is 1720. The Morgan fingerprint density at radius 2 is 1.77 bits per heavy atom. The van der Waals surface area contributed by atoms with E-state index < -0.39 is 0 Å². The first-order valence-electron chi connectivity index (χ1n) is 13.2. The number of nitrogen functional groups attached to an aromatic ring is 1. The van der Waals surface area contributed by atoms with E-state index in [4.69, 9.17) is 5.73 Å². The van der Waals surface area contributed by atoms with E-state index in [1.54, 1.807) is 18.2 Å². The van der Waals surface area contributed by atoms with Crippen LogP contribution < -0.4 is 21.5 Å². The monoisotopic (exact) mass is 521 g/mol. The molecule has 6 rings (SSSR count). The third-order valence-corrected chi connectivity index (χ3v) is 7.39. The van der Waals surface area contributed by atoms with Crippen LogP contribution in [0.5, 0.6) is 0 Å². The molecular formula is C30H31N7O2. The first kappa shape index (κ1) is 24.7. The van der Waals surface area contributed by atoms with E-state index in [1.165, 1.54) is 0 Å². The number of nitrogens with two attached hydrogens (primary N) is 1. The van der Waals surface area contributed by atoms with E-state index in [-0.39, 0.29) is 17.0 Å². The summed E-state index contributed by atoms with van der Waals surface area (Å²) in [4.78, 5) is 41.2. The summed E-state index contributed by atoms with van der Waals surface area (Å²) in [6, 6.07) is 21.3. The molecule has 5 N–H and O–H groups in total. The zero-order valence-electron chi connectivity index (χ0n) is 21.8. The summed E-state index contributed by atoms with van der Waals surface area (Å²) in [6.07, 6.45) is 1.02. The number of hydrogen-bond acceptors (Lipinski definition) is 6. The smallest absolute Gasteiger partial charge is 0.261 e. The maximum absolute atomic E-state index is 13.1. The molecule has 198 valence electrons. The van der Waals surface area contributed by atoms with Gasteiger partial charge < -0.3 is 30.8 Å². The highest BCUT2D eigenvalue weighted by Crippen LogP contribution is 2.31. The molecule has 0 unspecified atom stereocenters. The van der Waals surface area contributed by atoms with Crippen molar-refractivity contribution < 1.29 is 4.79 Å². The zero-order valence-corrected chi connectivity index (χ0v) is 21.8. The van der Waals surface area contributed by atoms with Crippen molar-refractivity contribution in [1.29, 1.82) is 0 Å². The molecule has 2 aromatic heterocycles. The standard InChI is InChI=1S/C30H31N7O2/c1-36-13-15-37(16-14-36)21-9-11-24-25(18-21)34-29(33-24)27-28(31)22-17-20(8-10-23(22)35-30(27)39)32-26(38)12-7-19-5-3-2-4-6-19/h2-6,8-11,17-18H,7,12-16H2,1H3,(H,32,38)(H,33,34)(H3,31,35,39). The van der Waals surface area contributed by atoms with E-state index in [0.717, 1.165) is 48.5 Å². The van der Waals surface area contributed by atoms with Crippen LogP contribution in [0.3, 0.4) is 0 Å². The van der Waals surface area contributed by atoms with Crippen LogP contribution in [0.4, 0.5) is 17.1 Å². The Kier molecular flexibility index (Phi) is 6.50. The number of carbonyl (C=O) groups is 1. The third-order valence-electron chi connectivity index (χ3n) is 7.39. The maximum Gasteiger partial charge on any atom is 0.261 e. The fraction of sp³-hybridized carbons (Fsp3) is 0.233. The summed E-state index contributed by atoms with van der Waals surface area (Å²) in [5, 5.41) is 3.59. The van der Waals surface area contributed by atoms with Gasteiger partial charge in [-0.3, -0.25) is 9.59 Å². The van der Waals surface area contributed by atoms with Crippen LogP contribution in [0, 0.1) is 0 Å². The van der Waals surface area contributed by atoms with E-state index in [0.29, 0.717) is 40.9 Å². The number of nitrogens with one attached hydrogen (secondary N) is 3. The second-order valence-electron chi connectivity index (χ2n) is 10.1. The van der Waals surface area contributed by atoms with Gasteiger partial charge in [-0.25, -0.2) is 4.98 Å². The first-order valence-corrected chi connectivity index (χ1v) is 13.2. The minimum atomic E-state index is -0.321. The minimum Gasteiger partial charge on any atom is -0.397 e. The lowest BCUT2D eigenvalue weighted by atomic mass is 10.1. The van der Waals surface area contributed by atoms with Gasteiger partial charge in [0.1, 0.15) is 11.4 Å². The van der Waals surface area contributed by atoms with E-state index in [2.05, 4.69) is 49.2 Å². The van der Waals surface area contributed by atoms with Crippen LogP contribution in [0.1, 0.15) is 12.0 Å². The Morgan fingerprint density at radius 1 is 0.974 bits per heavy atom. The molecule has 0 saturated carbocycles. The van der Waals surface area contributed by atoms with Gasteiger partial charge in [-0.1, -0.05) is 30.3 Å². The number of fused-ring (bicyclic) bond motifs is 2. The number of carbonyl (C=O) groups excluding carboxylic acids is 1. The van der Waals surface area contributed by atoms with Crippen LogP contribution >= 0.6 is 0 Å². The lowest BCUT2D eigenvalue weighted by Gasteiger charge is -2.34. The van der Waals surface area contributed by atoms with Crippen molar-refractivity contribution in [2.75, 3.05) is 49.2 Å². The van der Waals surface area contributed by atoms with Crippen molar-refractivity contribution in [3.05, 3.63) is 82.6 Å². The molecule has 3 heterocycles. The summed E-state index contributed by atoms with van der Waals surface area (Å²) < 4.78 is 0. The highest BCUT2D eigenvalue weighted by atomic mass is 16.1. The number of pyridine rings is 1. The van der Waals surface area contributed by atoms with Crippen molar-refractivity contribution in [1.82, 2.24) is 19.9 Å². The van der Waals surface area contributed by atoms with Crippen LogP contribution in [0.25, 0.3) is 33.3 Å². The molecule has 0 atom stereocenters. The molecule has 9 heteroatoms. The normalized spacial score (nSPS) is 14.2. The van der Waals surface area contributed by atoms with Gasteiger partial charge >= 0.3 is 0 Å². The molecule has 0 aliphatic carbocycles. The van der Waals surface area contributed by atoms with Crippen molar-refractivity contribution in [3.63, 3.8) is 0 Å². The van der Waals surface area contributed by atoms with Gasteiger partial charge in [-0.2, -0.15) is 0 Å². The van der Waals surface area contributed by atoms with E-state index >= 15 is 0 Å². The summed E-state index contributed by atoms with van der Waals surface area (Å²) in [7, 11) is 2.14. The number of hydrogen-bond donors (Lipinski definition) is 4. The maximum atomic E-state index is 13.1. The number of likely N-dealkylation sites (N-methyl/N-ethyl adjacent to an activating group) is 1. The van der Waals surface area contributed by atoms with Crippen molar-refractivity contribution in [2.24, 2.45) is 0 Å². The number of aromatic nitrogens is 3. The number of aromatic amines is 2. The van der Waals surface area contributed by atoms with Crippen LogP contribution in [0.2, 0.25) is 0 Å². The predicted octanol–water partition coefficient (Wildman–Crippen LogP) is 3.98. The molecule has 9 nitrogen and oxygen atoms in total. The molecule has 39 heavy (non-hydrogen) atoms. The number of benzene rings is 3. The van der Waals surface area contributed by atoms with Crippen LogP contribution in [0.15, 0.2) is 71.5 Å². The average Bonchev–Trinajstić information content (AvgIpc) is 3.36. The van der Waals surface area contributed by atoms with Crippen LogP contribution in [-0.2, 0) is 11.2 Å². The molecule has 1 saturated heterocycles. The fourth-order valence-corrected chi connectivity index (χ4v) is 5.13.